The Morgan fingerprint density at radius 1 is 0.414 bits per heavy atom. The molecule has 2 aliphatic heterocycles. The van der Waals surface area contributed by atoms with Crippen molar-refractivity contribution in [3.05, 3.63) is 331 Å². The highest BCUT2D eigenvalue weighted by molar-refractivity contribution is 6.99. The van der Waals surface area contributed by atoms with Gasteiger partial charge in [-0.1, -0.05) is 269 Å². The molecule has 14 aromatic rings. The Hall–Kier alpha value is -10.7. The van der Waals surface area contributed by atoms with Gasteiger partial charge in [-0.3, -0.25) is 0 Å². The lowest BCUT2D eigenvalue weighted by Crippen LogP contribution is -2.59. The molecule has 3 nitrogen and oxygen atoms in total. The number of anilines is 3. The minimum absolute atomic E-state index is 0.114. The van der Waals surface area contributed by atoms with Gasteiger partial charge in [-0.25, -0.2) is 0 Å². The van der Waals surface area contributed by atoms with Crippen LogP contribution in [0.5, 0.6) is 11.5 Å². The summed E-state index contributed by atoms with van der Waals surface area (Å²) in [5, 5.41) is -0.307. The zero-order valence-electron chi connectivity index (χ0n) is 70.0. The van der Waals surface area contributed by atoms with Crippen LogP contribution in [0.1, 0.15) is 80.1 Å². The smallest absolute Gasteiger partial charge is 0.256 e. The van der Waals surface area contributed by atoms with Crippen molar-refractivity contribution in [1.29, 1.82) is 0 Å². The predicted molar refractivity (Wildman–Crippen MR) is 364 cm³/mol. The summed E-state index contributed by atoms with van der Waals surface area (Å²) in [6.45, 7) is 5.43. The molecule has 3 aliphatic rings. The van der Waals surface area contributed by atoms with Gasteiger partial charge in [0, 0.05) is 45.0 Å². The van der Waals surface area contributed by atoms with Gasteiger partial charge in [0.15, 0.2) is 0 Å². The molecule has 0 saturated heterocycles. The van der Waals surface area contributed by atoms with E-state index in [4.69, 9.17) is 17.1 Å². The molecule has 0 amide bonds. The molecule has 0 unspecified atom stereocenters. The maximum absolute atomic E-state index is 9.97. The van der Waals surface area contributed by atoms with Crippen molar-refractivity contribution in [2.24, 2.45) is 0 Å². The van der Waals surface area contributed by atoms with E-state index in [1.807, 2.05) is 78.9 Å². The summed E-state index contributed by atoms with van der Waals surface area (Å²) in [5.74, 6) is 0.272. The van der Waals surface area contributed by atoms with Crippen LogP contribution >= 0.6 is 0 Å². The number of fused-ring (bicyclic) bond motifs is 10. The molecular weight excluding hydrogens is 1050 g/mol. The lowest BCUT2D eigenvalue weighted by Gasteiger charge is -2.42. The minimum Gasteiger partial charge on any atom is -0.458 e. The summed E-state index contributed by atoms with van der Waals surface area (Å²) in [6.07, 6.45) is 0. The minimum atomic E-state index is -2.29. The number of hydrogen-bond donors (Lipinski definition) is 0. The van der Waals surface area contributed by atoms with Crippen molar-refractivity contribution in [3.63, 3.8) is 0 Å². The number of benzene rings is 13. The molecule has 0 fully saturated rings. The third-order valence-corrected chi connectivity index (χ3v) is 17.3. The number of aromatic nitrogens is 1. The lowest BCUT2D eigenvalue weighted by atomic mass is 9.34. The van der Waals surface area contributed by atoms with Crippen molar-refractivity contribution in [3.8, 4) is 72.8 Å². The monoisotopic (exact) mass is 1130 g/mol. The molecule has 1 aromatic heterocycles. The van der Waals surface area contributed by atoms with Gasteiger partial charge in [0.1, 0.15) is 11.5 Å². The maximum Gasteiger partial charge on any atom is 0.256 e. The number of nitrogens with zero attached hydrogens (tertiary/aromatic N) is 2. The Morgan fingerprint density at radius 2 is 0.966 bits per heavy atom. The second-order valence-corrected chi connectivity index (χ2v) is 23.0. The van der Waals surface area contributed by atoms with Crippen LogP contribution in [0.3, 0.4) is 0 Å². The standard InChI is InChI=1S/C83H59BN2O/c1-82(2,3)61-51-68(55-28-11-5-12-29-55)81(69(52-61)56-30-13-6-14-31-56)86-75-48-57(63-39-25-40-67-64-36-19-22-41-70(64)83(79(63)67,59-32-15-7-16-33-59)60-34-17-8-18-35-60)44-46-71(75)84-72-47-45-62(85-73-42-23-20-37-65(73)66-38-21-24-43-74(66)85)53-77(72)87-78-50-58(49-76(86)80(78)84)54-26-9-4-10-27-54/h4-53H,1-3H3/i4D,7D,8D,9D,10D,15D,16D,17D,18D,20D,21D,23D,24D,26D,27D,32D,33D,34D,35D,37D,38D,42D,43D. The molecule has 13 aromatic carbocycles. The van der Waals surface area contributed by atoms with Crippen LogP contribution in [0.4, 0.5) is 17.1 Å². The molecule has 3 heterocycles. The maximum atomic E-state index is 9.97. The lowest BCUT2D eigenvalue weighted by molar-refractivity contribution is 0.487. The average molecular weight is 1130 g/mol. The first kappa shape index (κ1) is 32.6. The Labute approximate surface area is 541 Å². The number of hydrogen-bond acceptors (Lipinski definition) is 2. The van der Waals surface area contributed by atoms with Crippen molar-refractivity contribution in [2.75, 3.05) is 4.90 Å². The molecule has 1 aliphatic carbocycles. The van der Waals surface area contributed by atoms with Gasteiger partial charge < -0.3 is 14.2 Å². The van der Waals surface area contributed by atoms with E-state index in [2.05, 4.69) is 37.8 Å². The first-order valence-corrected chi connectivity index (χ1v) is 28.5. The molecule has 0 saturated carbocycles. The fraction of sp³-hybridized carbons (Fsp3) is 0.0602. The highest BCUT2D eigenvalue weighted by Crippen LogP contribution is 2.59. The molecular formula is C83H59BN2O. The van der Waals surface area contributed by atoms with Gasteiger partial charge in [-0.2, -0.15) is 0 Å². The Bertz CT molecular complexity index is 6200. The topological polar surface area (TPSA) is 17.4 Å². The SMILES string of the molecule is [2H]c1c([2H])c([2H])c(-c2cc3c4c(c2)N(c2c(-c5ccccc5)cc(C(C)(C)C)cc2-c2ccccc2)c2cc(-c5cccc6c5C(c5c([2H])c([2H])c([2H])c([2H])c5[2H])(c5c([2H])c([2H])c([2H])c([2H])c5[2H])c5ccccc5-6)ccc2B4c2ccc(-n4c5c([2H])c([2H])c([2H])c([2H])c5c5c([2H])c([2H])c([2H])c([2H])c54)cc2O3)c([2H])c1[2H]. The molecule has 4 heteroatoms. The largest absolute Gasteiger partial charge is 0.458 e. The van der Waals surface area contributed by atoms with Crippen LogP contribution in [0, 0.1) is 0 Å². The van der Waals surface area contributed by atoms with Crippen LogP contribution in [0.25, 0.3) is 83.1 Å². The van der Waals surface area contributed by atoms with E-state index in [-0.39, 0.29) is 72.4 Å². The van der Waals surface area contributed by atoms with Gasteiger partial charge in [0.25, 0.3) is 6.71 Å². The number of ether oxygens (including phenoxy) is 1. The first-order chi connectivity index (χ1) is 52.3. The third-order valence-electron chi connectivity index (χ3n) is 17.3. The van der Waals surface area contributed by atoms with E-state index in [9.17, 15) is 19.2 Å². The van der Waals surface area contributed by atoms with Crippen LogP contribution in [-0.4, -0.2) is 11.3 Å². The zero-order valence-corrected chi connectivity index (χ0v) is 47.0. The van der Waals surface area contributed by atoms with E-state index in [0.717, 1.165) is 27.8 Å². The summed E-state index contributed by atoms with van der Waals surface area (Å²) in [4.78, 5) is 2.07. The third kappa shape index (κ3) is 7.77. The summed E-state index contributed by atoms with van der Waals surface area (Å²) in [5.41, 5.74) is 5.40. The first-order valence-electron chi connectivity index (χ1n) is 40.0. The summed E-state index contributed by atoms with van der Waals surface area (Å²) in [7, 11) is 0. The predicted octanol–water partition coefficient (Wildman–Crippen LogP) is 19.5. The number of rotatable bonds is 8. The van der Waals surface area contributed by atoms with E-state index in [0.29, 0.717) is 55.7 Å². The zero-order chi connectivity index (χ0) is 78.0. The van der Waals surface area contributed by atoms with Crippen molar-refractivity contribution in [1.82, 2.24) is 4.57 Å². The second-order valence-electron chi connectivity index (χ2n) is 23.0. The summed E-state index contributed by atoms with van der Waals surface area (Å²) >= 11 is 0. The van der Waals surface area contributed by atoms with Crippen LogP contribution < -0.4 is 26.0 Å². The van der Waals surface area contributed by atoms with E-state index in [1.165, 1.54) is 4.57 Å². The van der Waals surface area contributed by atoms with Gasteiger partial charge in [0.05, 0.1) is 53.7 Å². The quantitative estimate of drug-likeness (QED) is 0.141. The van der Waals surface area contributed by atoms with E-state index in [1.54, 1.807) is 72.8 Å². The molecule has 410 valence electrons. The fourth-order valence-corrected chi connectivity index (χ4v) is 13.6. The molecule has 0 radical (unpaired) electrons. The van der Waals surface area contributed by atoms with Gasteiger partial charge in [-0.05, 0) is 143 Å². The molecule has 0 spiro atoms. The Kier molecular flexibility index (Phi) is 7.37. The van der Waals surface area contributed by atoms with Gasteiger partial charge in [-0.15, -0.1) is 0 Å². The van der Waals surface area contributed by atoms with Crippen molar-refractivity contribution >= 4 is 62.0 Å². The van der Waals surface area contributed by atoms with Crippen LogP contribution in [0.2, 0.25) is 0 Å². The Balaban J connectivity index is 1.05. The highest BCUT2D eigenvalue weighted by Gasteiger charge is 2.49. The average Bonchev–Trinajstić information content (AvgIpc) is 1.44. The number of para-hydroxylation sites is 2. The molecule has 0 atom stereocenters. The van der Waals surface area contributed by atoms with Crippen LogP contribution in [-0.2, 0) is 10.8 Å². The molecule has 87 heavy (non-hydrogen) atoms. The van der Waals surface area contributed by atoms with Crippen molar-refractivity contribution < 1.29 is 36.3 Å². The van der Waals surface area contributed by atoms with Crippen LogP contribution in [0.15, 0.2) is 303 Å². The summed E-state index contributed by atoms with van der Waals surface area (Å²) < 4.78 is 223. The fourth-order valence-electron chi connectivity index (χ4n) is 13.6. The normalized spacial score (nSPS) is 17.1. The van der Waals surface area contributed by atoms with E-state index < -0.39 is 157 Å². The van der Waals surface area contributed by atoms with E-state index >= 15 is 0 Å². The highest BCUT2D eigenvalue weighted by atomic mass is 16.5. The van der Waals surface area contributed by atoms with Gasteiger partial charge in [0.2, 0.25) is 0 Å². The Morgan fingerprint density at radius 3 is 1.61 bits per heavy atom. The molecule has 0 bridgehead atoms. The molecule has 0 N–H and O–H groups in total. The van der Waals surface area contributed by atoms with Gasteiger partial charge >= 0.3 is 0 Å². The molecule has 17 rings (SSSR count). The van der Waals surface area contributed by atoms with Crippen molar-refractivity contribution in [2.45, 2.75) is 31.6 Å². The second kappa shape index (κ2) is 19.7. The summed E-state index contributed by atoms with van der Waals surface area (Å²) in [6, 6.07) is 35.5.